The van der Waals surface area contributed by atoms with Gasteiger partial charge in [-0.2, -0.15) is 0 Å². The number of aromatic nitrogens is 1. The van der Waals surface area contributed by atoms with Crippen molar-refractivity contribution in [2.75, 3.05) is 5.32 Å². The fourth-order valence-corrected chi connectivity index (χ4v) is 3.04. The molecule has 1 N–H and O–H groups in total. The SMILES string of the molecule is CC1(C)CCC(Nc2cccc(-n3cccc3)c2)CC1. The molecule has 0 bridgehead atoms. The zero-order chi connectivity index (χ0) is 14.0. The van der Waals surface area contributed by atoms with E-state index in [1.165, 1.54) is 37.1 Å². The van der Waals surface area contributed by atoms with Crippen LogP contribution in [-0.2, 0) is 0 Å². The van der Waals surface area contributed by atoms with Crippen LogP contribution in [0.1, 0.15) is 39.5 Å². The van der Waals surface area contributed by atoms with Gasteiger partial charge in [-0.15, -0.1) is 0 Å². The van der Waals surface area contributed by atoms with Crippen LogP contribution in [0.4, 0.5) is 5.69 Å². The number of benzene rings is 1. The van der Waals surface area contributed by atoms with Crippen LogP contribution in [-0.4, -0.2) is 10.6 Å². The fraction of sp³-hybridized carbons (Fsp3) is 0.444. The Hall–Kier alpha value is -1.70. The van der Waals surface area contributed by atoms with Crippen LogP contribution >= 0.6 is 0 Å². The number of nitrogens with one attached hydrogen (secondary N) is 1. The average Bonchev–Trinajstić information content (AvgIpc) is 2.96. The summed E-state index contributed by atoms with van der Waals surface area (Å²) in [6.45, 7) is 4.77. The van der Waals surface area contributed by atoms with Gasteiger partial charge in [0.25, 0.3) is 0 Å². The second kappa shape index (κ2) is 5.35. The van der Waals surface area contributed by atoms with E-state index in [-0.39, 0.29) is 0 Å². The second-order valence-electron chi connectivity index (χ2n) is 6.72. The predicted octanol–water partition coefficient (Wildman–Crippen LogP) is 4.86. The molecule has 3 rings (SSSR count). The quantitative estimate of drug-likeness (QED) is 0.841. The molecule has 1 aromatic heterocycles. The third-order valence-electron chi connectivity index (χ3n) is 4.46. The highest BCUT2D eigenvalue weighted by Crippen LogP contribution is 2.36. The maximum absolute atomic E-state index is 3.71. The number of nitrogens with zero attached hydrogens (tertiary/aromatic N) is 1. The normalized spacial score (nSPS) is 18.9. The Morgan fingerprint density at radius 1 is 1.05 bits per heavy atom. The lowest BCUT2D eigenvalue weighted by molar-refractivity contribution is 0.232. The Kier molecular flexibility index (Phi) is 3.56. The van der Waals surface area contributed by atoms with Crippen LogP contribution in [0.2, 0.25) is 0 Å². The van der Waals surface area contributed by atoms with Gasteiger partial charge >= 0.3 is 0 Å². The summed E-state index contributed by atoms with van der Waals surface area (Å²) in [4.78, 5) is 0. The first-order valence-electron chi connectivity index (χ1n) is 7.62. The van der Waals surface area contributed by atoms with Crippen LogP contribution in [0.3, 0.4) is 0 Å². The van der Waals surface area contributed by atoms with E-state index in [4.69, 9.17) is 0 Å². The Morgan fingerprint density at radius 2 is 1.75 bits per heavy atom. The maximum Gasteiger partial charge on any atom is 0.0469 e. The largest absolute Gasteiger partial charge is 0.382 e. The molecule has 1 aromatic carbocycles. The van der Waals surface area contributed by atoms with Crippen molar-refractivity contribution < 1.29 is 0 Å². The molecule has 0 atom stereocenters. The lowest BCUT2D eigenvalue weighted by atomic mass is 9.75. The fourth-order valence-electron chi connectivity index (χ4n) is 3.04. The predicted molar refractivity (Wildman–Crippen MR) is 85.4 cm³/mol. The molecule has 1 aliphatic rings. The van der Waals surface area contributed by atoms with E-state index in [2.05, 4.69) is 72.5 Å². The van der Waals surface area contributed by atoms with Gasteiger partial charge in [0.15, 0.2) is 0 Å². The molecule has 1 saturated carbocycles. The molecule has 1 fully saturated rings. The van der Waals surface area contributed by atoms with Crippen LogP contribution in [0.5, 0.6) is 0 Å². The van der Waals surface area contributed by atoms with Gasteiger partial charge < -0.3 is 9.88 Å². The summed E-state index contributed by atoms with van der Waals surface area (Å²) in [7, 11) is 0. The van der Waals surface area contributed by atoms with Gasteiger partial charge in [0.2, 0.25) is 0 Å². The van der Waals surface area contributed by atoms with E-state index in [9.17, 15) is 0 Å². The first-order valence-corrected chi connectivity index (χ1v) is 7.62. The number of hydrogen-bond donors (Lipinski definition) is 1. The van der Waals surface area contributed by atoms with E-state index < -0.39 is 0 Å². The zero-order valence-electron chi connectivity index (χ0n) is 12.5. The highest BCUT2D eigenvalue weighted by atomic mass is 15.0. The zero-order valence-corrected chi connectivity index (χ0v) is 12.5. The molecular weight excluding hydrogens is 244 g/mol. The molecule has 0 saturated heterocycles. The lowest BCUT2D eigenvalue weighted by Crippen LogP contribution is -2.29. The molecule has 0 spiro atoms. The highest BCUT2D eigenvalue weighted by Gasteiger charge is 2.26. The standard InChI is InChI=1S/C18H24N2/c1-18(2)10-8-15(9-11-18)19-16-6-5-7-17(14-16)20-12-3-4-13-20/h3-7,12-15,19H,8-11H2,1-2H3. The van der Waals surface area contributed by atoms with E-state index in [1.807, 2.05) is 0 Å². The van der Waals surface area contributed by atoms with E-state index in [1.54, 1.807) is 0 Å². The first-order chi connectivity index (χ1) is 9.62. The topological polar surface area (TPSA) is 17.0 Å². The monoisotopic (exact) mass is 268 g/mol. The summed E-state index contributed by atoms with van der Waals surface area (Å²) in [5.74, 6) is 0. The second-order valence-corrected chi connectivity index (χ2v) is 6.72. The van der Waals surface area contributed by atoms with Gasteiger partial charge in [0.1, 0.15) is 0 Å². The molecule has 2 nitrogen and oxygen atoms in total. The number of hydrogen-bond acceptors (Lipinski definition) is 1. The smallest absolute Gasteiger partial charge is 0.0469 e. The molecular formula is C18H24N2. The van der Waals surface area contributed by atoms with Crippen molar-refractivity contribution in [2.24, 2.45) is 5.41 Å². The Bertz CT molecular complexity index is 545. The highest BCUT2D eigenvalue weighted by molar-refractivity contribution is 5.51. The van der Waals surface area contributed by atoms with Gasteiger partial charge in [0.05, 0.1) is 0 Å². The van der Waals surface area contributed by atoms with Crippen molar-refractivity contribution in [3.05, 3.63) is 48.8 Å². The number of rotatable bonds is 3. The first kappa shape index (κ1) is 13.3. The Morgan fingerprint density at radius 3 is 2.45 bits per heavy atom. The molecule has 2 heteroatoms. The lowest BCUT2D eigenvalue weighted by Gasteiger charge is -2.35. The van der Waals surface area contributed by atoms with Crippen LogP contribution in [0.15, 0.2) is 48.8 Å². The minimum absolute atomic E-state index is 0.533. The van der Waals surface area contributed by atoms with E-state index in [0.717, 1.165) is 0 Å². The summed E-state index contributed by atoms with van der Waals surface area (Å²) in [5.41, 5.74) is 2.99. The molecule has 106 valence electrons. The third-order valence-corrected chi connectivity index (χ3v) is 4.46. The van der Waals surface area contributed by atoms with E-state index >= 15 is 0 Å². The maximum atomic E-state index is 3.71. The summed E-state index contributed by atoms with van der Waals surface area (Å²) in [5, 5.41) is 3.71. The van der Waals surface area contributed by atoms with Gasteiger partial charge in [-0.05, 0) is 61.4 Å². The average molecular weight is 268 g/mol. The summed E-state index contributed by atoms with van der Waals surface area (Å²) in [6.07, 6.45) is 9.37. The van der Waals surface area contributed by atoms with Gasteiger partial charge in [-0.25, -0.2) is 0 Å². The van der Waals surface area contributed by atoms with Crippen molar-refractivity contribution in [1.82, 2.24) is 4.57 Å². The van der Waals surface area contributed by atoms with Crippen LogP contribution < -0.4 is 5.32 Å². The van der Waals surface area contributed by atoms with Gasteiger partial charge in [-0.3, -0.25) is 0 Å². The minimum Gasteiger partial charge on any atom is -0.382 e. The van der Waals surface area contributed by atoms with Crippen molar-refractivity contribution in [3.8, 4) is 5.69 Å². The Labute approximate surface area is 121 Å². The Balaban J connectivity index is 1.68. The van der Waals surface area contributed by atoms with Gasteiger partial charge in [-0.1, -0.05) is 19.9 Å². The van der Waals surface area contributed by atoms with Crippen molar-refractivity contribution in [1.29, 1.82) is 0 Å². The van der Waals surface area contributed by atoms with Gasteiger partial charge in [0, 0.05) is 29.8 Å². The van der Waals surface area contributed by atoms with Crippen LogP contribution in [0, 0.1) is 5.41 Å². The molecule has 0 radical (unpaired) electrons. The minimum atomic E-state index is 0.533. The molecule has 20 heavy (non-hydrogen) atoms. The third kappa shape index (κ3) is 3.06. The molecule has 0 unspecified atom stereocenters. The molecule has 1 aliphatic carbocycles. The van der Waals surface area contributed by atoms with Crippen molar-refractivity contribution >= 4 is 5.69 Å². The molecule has 1 heterocycles. The van der Waals surface area contributed by atoms with Crippen LogP contribution in [0.25, 0.3) is 5.69 Å². The van der Waals surface area contributed by atoms with Crippen molar-refractivity contribution in [2.45, 2.75) is 45.6 Å². The molecule has 0 amide bonds. The summed E-state index contributed by atoms with van der Waals surface area (Å²) < 4.78 is 2.15. The summed E-state index contributed by atoms with van der Waals surface area (Å²) >= 11 is 0. The molecule has 0 aliphatic heterocycles. The summed E-state index contributed by atoms with van der Waals surface area (Å²) in [6, 6.07) is 13.4. The molecule has 2 aromatic rings. The van der Waals surface area contributed by atoms with Crippen molar-refractivity contribution in [3.63, 3.8) is 0 Å². The van der Waals surface area contributed by atoms with E-state index in [0.29, 0.717) is 11.5 Å². The number of anilines is 1.